The molecule has 0 amide bonds. The molecule has 1 fully saturated rings. The lowest BCUT2D eigenvalue weighted by Gasteiger charge is -2.21. The van der Waals surface area contributed by atoms with Crippen molar-refractivity contribution >= 4 is 5.78 Å². The first-order valence-electron chi connectivity index (χ1n) is 5.78. The van der Waals surface area contributed by atoms with Gasteiger partial charge in [0.2, 0.25) is 0 Å². The van der Waals surface area contributed by atoms with Gasteiger partial charge in [0.1, 0.15) is 0 Å². The van der Waals surface area contributed by atoms with E-state index in [4.69, 9.17) is 4.74 Å². The first-order valence-corrected chi connectivity index (χ1v) is 5.78. The molecule has 1 aromatic rings. The third-order valence-electron chi connectivity index (χ3n) is 3.35. The van der Waals surface area contributed by atoms with Gasteiger partial charge in [-0.05, 0) is 25.7 Å². The minimum atomic E-state index is 0.220. The molecule has 1 saturated heterocycles. The van der Waals surface area contributed by atoms with Gasteiger partial charge in [0.15, 0.2) is 5.78 Å². The number of nitrogens with zero attached hydrogens (tertiary/aromatic N) is 2. The minimum absolute atomic E-state index is 0.220. The number of aromatic nitrogens is 2. The molecule has 1 aromatic heterocycles. The van der Waals surface area contributed by atoms with Gasteiger partial charge < -0.3 is 4.74 Å². The summed E-state index contributed by atoms with van der Waals surface area (Å²) in [6.45, 7) is 3.53. The van der Waals surface area contributed by atoms with Crippen molar-refractivity contribution in [3.63, 3.8) is 0 Å². The molecule has 4 heteroatoms. The monoisotopic (exact) mass is 222 g/mol. The summed E-state index contributed by atoms with van der Waals surface area (Å²) in [6, 6.07) is 0. The molecule has 1 aliphatic heterocycles. The molecule has 2 heterocycles. The average molecular weight is 222 g/mol. The van der Waals surface area contributed by atoms with Crippen LogP contribution in [0.2, 0.25) is 0 Å². The van der Waals surface area contributed by atoms with Crippen molar-refractivity contribution in [1.82, 2.24) is 9.78 Å². The molecule has 1 aliphatic rings. The van der Waals surface area contributed by atoms with Crippen LogP contribution in [-0.4, -0.2) is 28.8 Å². The summed E-state index contributed by atoms with van der Waals surface area (Å²) in [5.41, 5.74) is 1.73. The van der Waals surface area contributed by atoms with Gasteiger partial charge in [-0.1, -0.05) is 0 Å². The fraction of sp³-hybridized carbons (Fsp3) is 0.667. The van der Waals surface area contributed by atoms with Crippen molar-refractivity contribution in [2.24, 2.45) is 13.0 Å². The van der Waals surface area contributed by atoms with Gasteiger partial charge in [-0.25, -0.2) is 0 Å². The van der Waals surface area contributed by atoms with Gasteiger partial charge in [-0.2, -0.15) is 5.10 Å². The molecular formula is C12H18N2O2. The molecule has 88 valence electrons. The van der Waals surface area contributed by atoms with Gasteiger partial charge in [0, 0.05) is 32.4 Å². The lowest BCUT2D eigenvalue weighted by molar-refractivity contribution is 0.0601. The molecule has 16 heavy (non-hydrogen) atoms. The topological polar surface area (TPSA) is 44.1 Å². The van der Waals surface area contributed by atoms with Crippen LogP contribution in [0.1, 0.15) is 35.3 Å². The van der Waals surface area contributed by atoms with Crippen LogP contribution in [0.3, 0.4) is 0 Å². The number of ketones is 1. The van der Waals surface area contributed by atoms with Crippen molar-refractivity contribution in [1.29, 1.82) is 0 Å². The summed E-state index contributed by atoms with van der Waals surface area (Å²) in [6.07, 6.45) is 4.32. The van der Waals surface area contributed by atoms with E-state index in [0.29, 0.717) is 12.3 Å². The Balaban J connectivity index is 1.99. The van der Waals surface area contributed by atoms with Crippen molar-refractivity contribution in [3.05, 3.63) is 17.5 Å². The maximum atomic E-state index is 12.1. The number of hydrogen-bond donors (Lipinski definition) is 0. The summed E-state index contributed by atoms with van der Waals surface area (Å²) < 4.78 is 7.03. The average Bonchev–Trinajstić information content (AvgIpc) is 2.61. The van der Waals surface area contributed by atoms with Gasteiger partial charge in [-0.15, -0.1) is 0 Å². The number of hydrogen-bond acceptors (Lipinski definition) is 3. The molecule has 0 spiro atoms. The van der Waals surface area contributed by atoms with E-state index in [2.05, 4.69) is 5.10 Å². The standard InChI is InChI=1S/C12H18N2O2/c1-9-11(8-13-14(9)2)12(15)7-10-3-5-16-6-4-10/h8,10H,3-7H2,1-2H3. The number of Topliss-reactive ketones (excluding diaryl/α,β-unsaturated/α-hetero) is 1. The molecule has 0 saturated carbocycles. The second kappa shape index (κ2) is 4.78. The smallest absolute Gasteiger partial charge is 0.166 e. The zero-order valence-corrected chi connectivity index (χ0v) is 9.90. The first kappa shape index (κ1) is 11.3. The Morgan fingerprint density at radius 2 is 2.25 bits per heavy atom. The van der Waals surface area contributed by atoms with Crippen LogP contribution in [-0.2, 0) is 11.8 Å². The quantitative estimate of drug-likeness (QED) is 0.731. The molecule has 0 aromatic carbocycles. The van der Waals surface area contributed by atoms with Gasteiger partial charge in [0.25, 0.3) is 0 Å². The van der Waals surface area contributed by atoms with E-state index >= 15 is 0 Å². The van der Waals surface area contributed by atoms with Crippen LogP contribution < -0.4 is 0 Å². The lowest BCUT2D eigenvalue weighted by Crippen LogP contribution is -2.19. The molecule has 0 N–H and O–H groups in total. The third-order valence-corrected chi connectivity index (χ3v) is 3.35. The van der Waals surface area contributed by atoms with Crippen molar-refractivity contribution in [2.75, 3.05) is 13.2 Å². The third kappa shape index (κ3) is 2.32. The molecule has 2 rings (SSSR count). The summed E-state index contributed by atoms with van der Waals surface area (Å²) in [5.74, 6) is 0.707. The highest BCUT2D eigenvalue weighted by atomic mass is 16.5. The van der Waals surface area contributed by atoms with Gasteiger partial charge >= 0.3 is 0 Å². The number of carbonyl (C=O) groups is 1. The Morgan fingerprint density at radius 1 is 1.56 bits per heavy atom. The number of ether oxygens (including phenoxy) is 1. The zero-order valence-electron chi connectivity index (χ0n) is 9.90. The Kier molecular flexibility index (Phi) is 3.39. The Hall–Kier alpha value is -1.16. The maximum absolute atomic E-state index is 12.1. The highest BCUT2D eigenvalue weighted by molar-refractivity contribution is 5.97. The summed E-state index contributed by atoms with van der Waals surface area (Å²) in [7, 11) is 1.86. The molecule has 0 aliphatic carbocycles. The highest BCUT2D eigenvalue weighted by Crippen LogP contribution is 2.21. The maximum Gasteiger partial charge on any atom is 0.166 e. The predicted molar refractivity (Wildman–Crippen MR) is 60.4 cm³/mol. The summed E-state index contributed by atoms with van der Waals surface area (Å²) >= 11 is 0. The van der Waals surface area contributed by atoms with Crippen LogP contribution in [0.25, 0.3) is 0 Å². The molecule has 0 radical (unpaired) electrons. The molecule has 0 bridgehead atoms. The van der Waals surface area contributed by atoms with E-state index in [-0.39, 0.29) is 5.78 Å². The summed E-state index contributed by atoms with van der Waals surface area (Å²) in [4.78, 5) is 12.1. The molecule has 0 atom stereocenters. The van der Waals surface area contributed by atoms with Gasteiger partial charge in [-0.3, -0.25) is 9.48 Å². The predicted octanol–water partition coefficient (Wildman–Crippen LogP) is 1.73. The van der Waals surface area contributed by atoms with E-state index in [9.17, 15) is 4.79 Å². The molecular weight excluding hydrogens is 204 g/mol. The van der Waals surface area contributed by atoms with Crippen LogP contribution in [0.5, 0.6) is 0 Å². The Bertz CT molecular complexity index is 378. The van der Waals surface area contributed by atoms with Crippen molar-refractivity contribution in [3.8, 4) is 0 Å². The Labute approximate surface area is 95.6 Å². The second-order valence-electron chi connectivity index (χ2n) is 4.45. The number of rotatable bonds is 3. The van der Waals surface area contributed by atoms with Crippen molar-refractivity contribution in [2.45, 2.75) is 26.2 Å². The van der Waals surface area contributed by atoms with E-state index in [1.54, 1.807) is 10.9 Å². The van der Waals surface area contributed by atoms with Gasteiger partial charge in [0.05, 0.1) is 11.8 Å². The highest BCUT2D eigenvalue weighted by Gasteiger charge is 2.20. The van der Waals surface area contributed by atoms with Crippen LogP contribution in [0, 0.1) is 12.8 Å². The Morgan fingerprint density at radius 3 is 2.81 bits per heavy atom. The summed E-state index contributed by atoms with van der Waals surface area (Å²) in [5, 5.41) is 4.10. The van der Waals surface area contributed by atoms with Crippen molar-refractivity contribution < 1.29 is 9.53 Å². The molecule has 4 nitrogen and oxygen atoms in total. The van der Waals surface area contributed by atoms with E-state index in [1.807, 2.05) is 14.0 Å². The fourth-order valence-corrected chi connectivity index (χ4v) is 2.10. The largest absolute Gasteiger partial charge is 0.381 e. The van der Waals surface area contributed by atoms with Crippen LogP contribution in [0.15, 0.2) is 6.20 Å². The lowest BCUT2D eigenvalue weighted by atomic mass is 9.92. The zero-order chi connectivity index (χ0) is 11.5. The minimum Gasteiger partial charge on any atom is -0.381 e. The second-order valence-corrected chi connectivity index (χ2v) is 4.45. The SMILES string of the molecule is Cc1c(C(=O)CC2CCOCC2)cnn1C. The normalized spacial score (nSPS) is 17.6. The van der Waals surface area contributed by atoms with E-state index in [1.165, 1.54) is 0 Å². The van der Waals surface area contributed by atoms with Crippen LogP contribution in [0.4, 0.5) is 0 Å². The first-order chi connectivity index (χ1) is 7.68. The number of aryl methyl sites for hydroxylation is 1. The molecule has 0 unspecified atom stereocenters. The van der Waals surface area contributed by atoms with E-state index < -0.39 is 0 Å². The number of carbonyl (C=O) groups excluding carboxylic acids is 1. The van der Waals surface area contributed by atoms with Crippen LogP contribution >= 0.6 is 0 Å². The van der Waals surface area contributed by atoms with E-state index in [0.717, 1.165) is 37.3 Å². The fourth-order valence-electron chi connectivity index (χ4n) is 2.10.